The fourth-order valence-electron chi connectivity index (χ4n) is 6.77. The number of ketones is 1. The number of nitrogens with zero attached hydrogens (tertiary/aromatic N) is 1. The Morgan fingerprint density at radius 2 is 1.57 bits per heavy atom. The maximum absolute atomic E-state index is 13.5. The average Bonchev–Trinajstić information content (AvgIpc) is 3.63. The quantitative estimate of drug-likeness (QED) is 0.268. The number of Topliss-reactive ketones (excluding diaryl/α,β-unsaturated/α-hetero) is 1. The highest BCUT2D eigenvalue weighted by Gasteiger charge is 2.64. The van der Waals surface area contributed by atoms with Crippen LogP contribution in [0.4, 0.5) is 11.4 Å². The Labute approximate surface area is 231 Å². The number of carbonyl (C=O) groups excluding carboxylic acids is 5. The van der Waals surface area contributed by atoms with Crippen molar-refractivity contribution >= 4 is 40.8 Å². The highest BCUT2D eigenvalue weighted by atomic mass is 16.5. The van der Waals surface area contributed by atoms with Gasteiger partial charge in [0.25, 0.3) is 5.91 Å². The standard InChI is InChI=1S/C32H28N2O6/c1-18(35)21-8-5-9-23(14-21)33-27(36)17-40-32(39)20-10-12-24(13-11-20)34-30(37)28-22-15-25(19-6-3-2-4-7-19)26(16-22)29(28)31(34)38/h2-14,22,25-26,28-29H,15-17H2,1H3,(H,33,36)/t22-,25+,26+,28+,29+/m0/s1. The molecule has 2 bridgehead atoms. The number of carbonyl (C=O) groups is 5. The van der Waals surface area contributed by atoms with E-state index in [0.717, 1.165) is 12.8 Å². The molecule has 1 heterocycles. The summed E-state index contributed by atoms with van der Waals surface area (Å²) in [4.78, 5) is 64.5. The minimum Gasteiger partial charge on any atom is -0.452 e. The summed E-state index contributed by atoms with van der Waals surface area (Å²) >= 11 is 0. The van der Waals surface area contributed by atoms with Crippen LogP contribution >= 0.6 is 0 Å². The second-order valence-electron chi connectivity index (χ2n) is 10.8. The largest absolute Gasteiger partial charge is 0.452 e. The first-order valence-electron chi connectivity index (χ1n) is 13.4. The number of ether oxygens (including phenoxy) is 1. The van der Waals surface area contributed by atoms with Crippen LogP contribution < -0.4 is 10.2 Å². The number of benzene rings is 3. The zero-order valence-electron chi connectivity index (χ0n) is 21.9. The molecule has 0 radical (unpaired) electrons. The smallest absolute Gasteiger partial charge is 0.338 e. The predicted molar refractivity (Wildman–Crippen MR) is 147 cm³/mol. The molecule has 202 valence electrons. The van der Waals surface area contributed by atoms with Gasteiger partial charge < -0.3 is 10.1 Å². The number of fused-ring (bicyclic) bond motifs is 5. The van der Waals surface area contributed by atoms with Gasteiger partial charge in [0.2, 0.25) is 11.8 Å². The molecule has 8 nitrogen and oxygen atoms in total. The predicted octanol–water partition coefficient (Wildman–Crippen LogP) is 4.61. The van der Waals surface area contributed by atoms with Crippen LogP contribution in [0, 0.1) is 23.7 Å². The summed E-state index contributed by atoms with van der Waals surface area (Å²) in [7, 11) is 0. The number of esters is 1. The summed E-state index contributed by atoms with van der Waals surface area (Å²) in [5, 5.41) is 2.59. The fraction of sp³-hybridized carbons (Fsp3) is 0.281. The second kappa shape index (κ2) is 10.2. The second-order valence-corrected chi connectivity index (χ2v) is 10.8. The summed E-state index contributed by atoms with van der Waals surface area (Å²) < 4.78 is 5.13. The zero-order valence-corrected chi connectivity index (χ0v) is 21.9. The van der Waals surface area contributed by atoms with Crippen LogP contribution in [0.5, 0.6) is 0 Å². The monoisotopic (exact) mass is 536 g/mol. The normalized spacial score (nSPS) is 24.6. The van der Waals surface area contributed by atoms with Gasteiger partial charge in [0.1, 0.15) is 0 Å². The molecule has 0 unspecified atom stereocenters. The van der Waals surface area contributed by atoms with Crippen molar-refractivity contribution in [3.05, 3.63) is 95.6 Å². The van der Waals surface area contributed by atoms with Gasteiger partial charge in [0, 0.05) is 11.3 Å². The Kier molecular flexibility index (Phi) is 6.54. The number of amides is 3. The highest BCUT2D eigenvalue weighted by Crippen LogP contribution is 2.61. The van der Waals surface area contributed by atoms with Crippen molar-refractivity contribution in [1.29, 1.82) is 0 Å². The van der Waals surface area contributed by atoms with E-state index in [0.29, 0.717) is 16.9 Å². The number of anilines is 2. The van der Waals surface area contributed by atoms with Crippen molar-refractivity contribution in [2.45, 2.75) is 25.7 Å². The van der Waals surface area contributed by atoms with Gasteiger partial charge >= 0.3 is 5.97 Å². The van der Waals surface area contributed by atoms with E-state index in [1.165, 1.54) is 29.5 Å². The third-order valence-electron chi connectivity index (χ3n) is 8.49. The lowest BCUT2D eigenvalue weighted by Crippen LogP contribution is -2.33. The average molecular weight is 537 g/mol. The minimum absolute atomic E-state index is 0.129. The van der Waals surface area contributed by atoms with Gasteiger partial charge in [-0.2, -0.15) is 0 Å². The van der Waals surface area contributed by atoms with E-state index in [-0.39, 0.29) is 52.8 Å². The molecule has 2 aliphatic carbocycles. The molecule has 3 aromatic carbocycles. The minimum atomic E-state index is -0.709. The van der Waals surface area contributed by atoms with E-state index in [1.807, 2.05) is 18.2 Å². The van der Waals surface area contributed by atoms with E-state index in [1.54, 1.807) is 36.4 Å². The van der Waals surface area contributed by atoms with Crippen molar-refractivity contribution in [2.24, 2.45) is 23.7 Å². The van der Waals surface area contributed by atoms with Gasteiger partial charge in [-0.3, -0.25) is 24.1 Å². The summed E-state index contributed by atoms with van der Waals surface area (Å²) in [6, 6.07) is 22.8. The first-order chi connectivity index (χ1) is 19.3. The molecule has 3 aromatic rings. The Morgan fingerprint density at radius 1 is 0.850 bits per heavy atom. The molecule has 1 saturated heterocycles. The Balaban J connectivity index is 1.09. The molecule has 0 spiro atoms. The molecule has 8 heteroatoms. The molecule has 1 aliphatic heterocycles. The summed E-state index contributed by atoms with van der Waals surface area (Å²) in [5.41, 5.74) is 2.73. The van der Waals surface area contributed by atoms with Gasteiger partial charge in [-0.05, 0) is 79.5 Å². The van der Waals surface area contributed by atoms with Crippen LogP contribution in [0.3, 0.4) is 0 Å². The Morgan fingerprint density at radius 3 is 2.30 bits per heavy atom. The molecule has 3 fully saturated rings. The van der Waals surface area contributed by atoms with E-state index < -0.39 is 18.5 Å². The number of nitrogens with one attached hydrogen (secondary N) is 1. The van der Waals surface area contributed by atoms with Crippen molar-refractivity contribution in [2.75, 3.05) is 16.8 Å². The van der Waals surface area contributed by atoms with E-state index in [9.17, 15) is 24.0 Å². The maximum atomic E-state index is 13.5. The van der Waals surface area contributed by atoms with Crippen LogP contribution in [0.2, 0.25) is 0 Å². The molecule has 40 heavy (non-hydrogen) atoms. The van der Waals surface area contributed by atoms with E-state index in [4.69, 9.17) is 4.74 Å². The van der Waals surface area contributed by atoms with Gasteiger partial charge in [-0.15, -0.1) is 0 Å². The molecule has 1 N–H and O–H groups in total. The van der Waals surface area contributed by atoms with Gasteiger partial charge in [-0.1, -0.05) is 42.5 Å². The number of imide groups is 1. The van der Waals surface area contributed by atoms with Crippen LogP contribution in [0.15, 0.2) is 78.9 Å². The lowest BCUT2D eigenvalue weighted by atomic mass is 9.73. The molecule has 6 rings (SSSR count). The summed E-state index contributed by atoms with van der Waals surface area (Å²) in [6.07, 6.45) is 1.82. The fourth-order valence-corrected chi connectivity index (χ4v) is 6.77. The molecule has 5 atom stereocenters. The van der Waals surface area contributed by atoms with Crippen LogP contribution in [-0.4, -0.2) is 36.1 Å². The SMILES string of the molecule is CC(=O)c1cccc(NC(=O)COC(=O)c2ccc(N3C(=O)[C@@H]4[C@@H]5C[C@@H]([C@H]4C3=O)[C@@H](c3ccccc3)C5)cc2)c1. The molecule has 0 aromatic heterocycles. The lowest BCUT2D eigenvalue weighted by molar-refractivity contribution is -0.123. The van der Waals surface area contributed by atoms with Gasteiger partial charge in [0.05, 0.1) is 23.1 Å². The number of hydrogen-bond acceptors (Lipinski definition) is 6. The van der Waals surface area contributed by atoms with Crippen LogP contribution in [-0.2, 0) is 19.1 Å². The molecule has 2 saturated carbocycles. The third-order valence-corrected chi connectivity index (χ3v) is 8.49. The zero-order chi connectivity index (χ0) is 28.0. The topological polar surface area (TPSA) is 110 Å². The van der Waals surface area contributed by atoms with E-state index >= 15 is 0 Å². The molecular formula is C32H28N2O6. The number of hydrogen-bond donors (Lipinski definition) is 1. The van der Waals surface area contributed by atoms with Crippen LogP contribution in [0.25, 0.3) is 0 Å². The molecular weight excluding hydrogens is 508 g/mol. The lowest BCUT2D eigenvalue weighted by Gasteiger charge is -2.28. The Hall–Kier alpha value is -4.59. The van der Waals surface area contributed by atoms with Crippen molar-refractivity contribution < 1.29 is 28.7 Å². The summed E-state index contributed by atoms with van der Waals surface area (Å²) in [6.45, 7) is 0.920. The number of rotatable bonds is 7. The molecule has 3 aliphatic rings. The summed E-state index contributed by atoms with van der Waals surface area (Å²) in [5.74, 6) is -1.65. The van der Waals surface area contributed by atoms with Gasteiger partial charge in [0.15, 0.2) is 12.4 Å². The van der Waals surface area contributed by atoms with Crippen molar-refractivity contribution in [1.82, 2.24) is 0 Å². The first-order valence-corrected chi connectivity index (χ1v) is 13.4. The molecule has 3 amide bonds. The van der Waals surface area contributed by atoms with E-state index in [2.05, 4.69) is 17.4 Å². The first kappa shape index (κ1) is 25.7. The third kappa shape index (κ3) is 4.49. The highest BCUT2D eigenvalue weighted by molar-refractivity contribution is 6.22. The maximum Gasteiger partial charge on any atom is 0.338 e. The Bertz CT molecular complexity index is 1520. The van der Waals surface area contributed by atoms with Gasteiger partial charge in [-0.25, -0.2) is 4.79 Å². The van der Waals surface area contributed by atoms with Crippen molar-refractivity contribution in [3.8, 4) is 0 Å². The van der Waals surface area contributed by atoms with Crippen molar-refractivity contribution in [3.63, 3.8) is 0 Å². The van der Waals surface area contributed by atoms with Crippen LogP contribution in [0.1, 0.15) is 52.0 Å².